The molecule has 0 fully saturated rings. The van der Waals surface area contributed by atoms with Crippen LogP contribution < -0.4 is 14.8 Å². The highest BCUT2D eigenvalue weighted by molar-refractivity contribution is 5.98. The Kier molecular flexibility index (Phi) is 6.16. The molecule has 1 amide bonds. The van der Waals surface area contributed by atoms with Crippen LogP contribution in [0.1, 0.15) is 22.0 Å². The van der Waals surface area contributed by atoms with Crippen molar-refractivity contribution in [2.45, 2.75) is 6.04 Å². The van der Waals surface area contributed by atoms with Crippen LogP contribution >= 0.6 is 0 Å². The molecule has 3 aromatic carbocycles. The number of nitrogens with one attached hydrogen (secondary N) is 1. The molecule has 1 unspecified atom stereocenters. The summed E-state index contributed by atoms with van der Waals surface area (Å²) >= 11 is 0. The lowest BCUT2D eigenvalue weighted by Crippen LogP contribution is -2.34. The molecule has 0 bridgehead atoms. The molecule has 5 nitrogen and oxygen atoms in total. The largest absolute Gasteiger partial charge is 0.493 e. The van der Waals surface area contributed by atoms with Gasteiger partial charge < -0.3 is 19.7 Å². The predicted molar refractivity (Wildman–Crippen MR) is 112 cm³/mol. The first kappa shape index (κ1) is 19.7. The number of carbonyl (C=O) groups excluding carboxylic acids is 1. The number of amides is 1. The van der Waals surface area contributed by atoms with E-state index in [0.717, 1.165) is 0 Å². The van der Waals surface area contributed by atoms with E-state index in [2.05, 4.69) is 40.5 Å². The molecule has 3 aromatic rings. The molecule has 0 aliphatic heterocycles. The van der Waals surface area contributed by atoms with Crippen molar-refractivity contribution in [2.24, 2.45) is 0 Å². The van der Waals surface area contributed by atoms with E-state index < -0.39 is 0 Å². The lowest BCUT2D eigenvalue weighted by Gasteiger charge is -2.26. The van der Waals surface area contributed by atoms with Gasteiger partial charge in [-0.1, -0.05) is 48.5 Å². The Morgan fingerprint density at radius 1 is 0.964 bits per heavy atom. The maximum absolute atomic E-state index is 12.8. The quantitative estimate of drug-likeness (QED) is 0.678. The summed E-state index contributed by atoms with van der Waals surface area (Å²) in [6, 6.07) is 19.9. The minimum atomic E-state index is -0.192. The SMILES string of the molecule is COc1cccc(C(=O)NCC(c2cccc3ccccc23)N(C)C)c1OC. The summed E-state index contributed by atoms with van der Waals surface area (Å²) in [6.07, 6.45) is 0. The third-order valence-corrected chi connectivity index (χ3v) is 4.91. The summed E-state index contributed by atoms with van der Waals surface area (Å²) in [6.45, 7) is 0.472. The highest BCUT2D eigenvalue weighted by atomic mass is 16.5. The van der Waals surface area contributed by atoms with E-state index in [1.807, 2.05) is 26.2 Å². The molecule has 5 heteroatoms. The van der Waals surface area contributed by atoms with Crippen LogP contribution in [0, 0.1) is 0 Å². The summed E-state index contributed by atoms with van der Waals surface area (Å²) in [7, 11) is 7.13. The molecule has 0 aromatic heterocycles. The van der Waals surface area contributed by atoms with Gasteiger partial charge in [-0.25, -0.2) is 0 Å². The fourth-order valence-electron chi connectivity index (χ4n) is 3.46. The summed E-state index contributed by atoms with van der Waals surface area (Å²) in [5, 5.41) is 5.43. The molecule has 3 rings (SSSR count). The van der Waals surface area contributed by atoms with Gasteiger partial charge in [0, 0.05) is 6.54 Å². The third kappa shape index (κ3) is 3.94. The second-order valence-electron chi connectivity index (χ2n) is 6.80. The average molecular weight is 378 g/mol. The summed E-state index contributed by atoms with van der Waals surface area (Å²) < 4.78 is 10.7. The Balaban J connectivity index is 1.86. The Bertz CT molecular complexity index is 964. The molecule has 0 heterocycles. The molecule has 0 aliphatic rings. The van der Waals surface area contributed by atoms with Gasteiger partial charge in [0.2, 0.25) is 0 Å². The van der Waals surface area contributed by atoms with Crippen molar-refractivity contribution in [3.8, 4) is 11.5 Å². The van der Waals surface area contributed by atoms with Gasteiger partial charge in [0.1, 0.15) is 0 Å². The molecule has 28 heavy (non-hydrogen) atoms. The fourth-order valence-corrected chi connectivity index (χ4v) is 3.46. The van der Waals surface area contributed by atoms with Crippen molar-refractivity contribution in [3.63, 3.8) is 0 Å². The van der Waals surface area contributed by atoms with Gasteiger partial charge in [0.05, 0.1) is 25.8 Å². The maximum Gasteiger partial charge on any atom is 0.255 e. The van der Waals surface area contributed by atoms with Crippen molar-refractivity contribution >= 4 is 16.7 Å². The molecule has 146 valence electrons. The lowest BCUT2D eigenvalue weighted by molar-refractivity contribution is 0.0938. The van der Waals surface area contributed by atoms with Crippen LogP contribution in [0.2, 0.25) is 0 Å². The topological polar surface area (TPSA) is 50.8 Å². The number of benzene rings is 3. The van der Waals surface area contributed by atoms with Crippen LogP contribution in [0.3, 0.4) is 0 Å². The minimum Gasteiger partial charge on any atom is -0.493 e. The van der Waals surface area contributed by atoms with Crippen molar-refractivity contribution in [2.75, 3.05) is 34.9 Å². The van der Waals surface area contributed by atoms with E-state index in [4.69, 9.17) is 9.47 Å². The van der Waals surface area contributed by atoms with Gasteiger partial charge >= 0.3 is 0 Å². The number of rotatable bonds is 7. The van der Waals surface area contributed by atoms with Gasteiger partial charge in [-0.05, 0) is 42.6 Å². The van der Waals surface area contributed by atoms with E-state index in [9.17, 15) is 4.79 Å². The highest BCUT2D eigenvalue weighted by Crippen LogP contribution is 2.31. The van der Waals surface area contributed by atoms with Crippen molar-refractivity contribution in [1.82, 2.24) is 10.2 Å². The normalized spacial score (nSPS) is 12.0. The smallest absolute Gasteiger partial charge is 0.255 e. The number of ether oxygens (including phenoxy) is 2. The molecule has 0 radical (unpaired) electrons. The van der Waals surface area contributed by atoms with Crippen LogP contribution in [0.15, 0.2) is 60.7 Å². The number of hydrogen-bond acceptors (Lipinski definition) is 4. The molecule has 0 spiro atoms. The van der Waals surface area contributed by atoms with Gasteiger partial charge in [-0.3, -0.25) is 4.79 Å². The predicted octanol–water partition coefficient (Wildman–Crippen LogP) is 3.89. The summed E-state index contributed by atoms with van der Waals surface area (Å²) in [5.41, 5.74) is 1.64. The Morgan fingerprint density at radius 3 is 2.39 bits per heavy atom. The Labute approximate surface area is 165 Å². The van der Waals surface area contributed by atoms with Gasteiger partial charge in [-0.2, -0.15) is 0 Å². The minimum absolute atomic E-state index is 0.0339. The number of fused-ring (bicyclic) bond motifs is 1. The number of likely N-dealkylation sites (N-methyl/N-ethyl adjacent to an activating group) is 1. The zero-order valence-electron chi connectivity index (χ0n) is 16.7. The maximum atomic E-state index is 12.8. The second kappa shape index (κ2) is 8.76. The average Bonchev–Trinajstić information content (AvgIpc) is 2.72. The van der Waals surface area contributed by atoms with Crippen LogP contribution in [0.4, 0.5) is 0 Å². The molecule has 0 saturated carbocycles. The zero-order chi connectivity index (χ0) is 20.1. The van der Waals surface area contributed by atoms with E-state index in [0.29, 0.717) is 23.6 Å². The van der Waals surface area contributed by atoms with Crippen LogP contribution in [-0.2, 0) is 0 Å². The first-order valence-corrected chi connectivity index (χ1v) is 9.20. The van der Waals surface area contributed by atoms with E-state index in [1.54, 1.807) is 25.3 Å². The molecule has 0 aliphatic carbocycles. The lowest BCUT2D eigenvalue weighted by atomic mass is 9.98. The molecule has 1 N–H and O–H groups in total. The Hall–Kier alpha value is -3.05. The van der Waals surface area contributed by atoms with Crippen LogP contribution in [0.5, 0.6) is 11.5 Å². The van der Waals surface area contributed by atoms with Crippen molar-refractivity contribution in [1.29, 1.82) is 0 Å². The van der Waals surface area contributed by atoms with Crippen molar-refractivity contribution < 1.29 is 14.3 Å². The van der Waals surface area contributed by atoms with Crippen LogP contribution in [-0.4, -0.2) is 45.7 Å². The van der Waals surface area contributed by atoms with Gasteiger partial charge in [-0.15, -0.1) is 0 Å². The van der Waals surface area contributed by atoms with Gasteiger partial charge in [0.25, 0.3) is 5.91 Å². The van der Waals surface area contributed by atoms with E-state index in [-0.39, 0.29) is 11.9 Å². The number of carbonyl (C=O) groups is 1. The van der Waals surface area contributed by atoms with E-state index in [1.165, 1.54) is 23.4 Å². The first-order chi connectivity index (χ1) is 13.6. The molecule has 0 saturated heterocycles. The fraction of sp³-hybridized carbons (Fsp3) is 0.261. The molecule has 1 atom stereocenters. The summed E-state index contributed by atoms with van der Waals surface area (Å²) in [5.74, 6) is 0.783. The number of hydrogen-bond donors (Lipinski definition) is 1. The van der Waals surface area contributed by atoms with Crippen LogP contribution in [0.25, 0.3) is 10.8 Å². The zero-order valence-corrected chi connectivity index (χ0v) is 16.7. The third-order valence-electron chi connectivity index (χ3n) is 4.91. The number of para-hydroxylation sites is 1. The number of nitrogens with zero attached hydrogens (tertiary/aromatic N) is 1. The molecular weight excluding hydrogens is 352 g/mol. The van der Waals surface area contributed by atoms with Gasteiger partial charge in [0.15, 0.2) is 11.5 Å². The second-order valence-corrected chi connectivity index (χ2v) is 6.80. The first-order valence-electron chi connectivity index (χ1n) is 9.20. The monoisotopic (exact) mass is 378 g/mol. The Morgan fingerprint density at radius 2 is 1.68 bits per heavy atom. The van der Waals surface area contributed by atoms with E-state index >= 15 is 0 Å². The van der Waals surface area contributed by atoms with Crippen molar-refractivity contribution in [3.05, 3.63) is 71.8 Å². The number of methoxy groups -OCH3 is 2. The standard InChI is InChI=1S/C23H26N2O3/c1-25(2)20(18-12-7-10-16-9-5-6-11-17(16)18)15-24-23(26)19-13-8-14-21(27-3)22(19)28-4/h5-14,20H,15H2,1-4H3,(H,24,26). The summed E-state index contributed by atoms with van der Waals surface area (Å²) in [4.78, 5) is 15.0. The highest BCUT2D eigenvalue weighted by Gasteiger charge is 2.20. The molecular formula is C23H26N2O3.